The third kappa shape index (κ3) is 6.14. The van der Waals surface area contributed by atoms with E-state index in [-0.39, 0.29) is 18.4 Å². The summed E-state index contributed by atoms with van der Waals surface area (Å²) in [5, 5.41) is 13.2. The summed E-state index contributed by atoms with van der Waals surface area (Å²) in [5.74, 6) is 0.377. The van der Waals surface area contributed by atoms with Gasteiger partial charge in [0.05, 0.1) is 12.7 Å². The first kappa shape index (κ1) is 27.0. The minimum absolute atomic E-state index is 0.0500. The minimum Gasteiger partial charge on any atom is -0.497 e. The fraction of sp³-hybridized carbons (Fsp3) is 0.379. The molecule has 0 radical (unpaired) electrons. The van der Waals surface area contributed by atoms with Gasteiger partial charge in [-0.15, -0.1) is 0 Å². The first-order chi connectivity index (χ1) is 17.3. The summed E-state index contributed by atoms with van der Waals surface area (Å²) in [6.45, 7) is 8.41. The molecule has 0 bridgehead atoms. The second-order valence-corrected chi connectivity index (χ2v) is 9.05. The zero-order valence-corrected chi connectivity index (χ0v) is 21.6. The lowest BCUT2D eigenvalue weighted by Crippen LogP contribution is -2.11. The lowest BCUT2D eigenvalue weighted by atomic mass is 9.80. The average molecular weight is 496 g/mol. The number of carbonyl (C=O) groups is 1. The van der Waals surface area contributed by atoms with Crippen molar-refractivity contribution in [3.63, 3.8) is 0 Å². The monoisotopic (exact) mass is 495 g/mol. The van der Waals surface area contributed by atoms with Crippen LogP contribution < -0.4 is 9.47 Å². The topological polar surface area (TPSA) is 81.8 Å². The fourth-order valence-corrected chi connectivity index (χ4v) is 4.32. The number of methoxy groups -OCH3 is 1. The van der Waals surface area contributed by atoms with Gasteiger partial charge in [-0.25, -0.2) is 4.39 Å². The molecule has 1 heterocycles. The van der Waals surface area contributed by atoms with E-state index < -0.39 is 11.8 Å². The number of hydrogen-bond donors (Lipinski definition) is 1. The molecule has 0 aliphatic heterocycles. The molecule has 0 amide bonds. The first-order valence-electron chi connectivity index (χ1n) is 12.3. The van der Waals surface area contributed by atoms with Crippen molar-refractivity contribution in [2.75, 3.05) is 7.11 Å². The number of carboxylic acids is 1. The molecule has 0 saturated carbocycles. The zero-order chi connectivity index (χ0) is 26.3. The summed E-state index contributed by atoms with van der Waals surface area (Å²) in [6, 6.07) is 11.9. The van der Waals surface area contributed by atoms with Gasteiger partial charge in [-0.1, -0.05) is 51.1 Å². The molecule has 7 heteroatoms. The summed E-state index contributed by atoms with van der Waals surface area (Å²) in [5.41, 5.74) is 3.28. The van der Waals surface area contributed by atoms with Crippen LogP contribution in [0.1, 0.15) is 63.8 Å². The van der Waals surface area contributed by atoms with Crippen LogP contribution in [-0.2, 0) is 17.8 Å². The number of allylic oxidation sites excluding steroid dienone is 2. The number of aliphatic carboxylic acids is 1. The number of carboxylic acid groups (broad SMARTS) is 1. The highest BCUT2D eigenvalue weighted by Gasteiger charge is 2.34. The van der Waals surface area contributed by atoms with Gasteiger partial charge in [0.1, 0.15) is 29.6 Å². The van der Waals surface area contributed by atoms with Gasteiger partial charge in [-0.05, 0) is 66.1 Å². The predicted octanol–water partition coefficient (Wildman–Crippen LogP) is 7.32. The molecule has 1 N–H and O–H groups in total. The van der Waals surface area contributed by atoms with Crippen LogP contribution in [0.25, 0.3) is 16.8 Å². The van der Waals surface area contributed by atoms with Crippen LogP contribution in [0.15, 0.2) is 53.1 Å². The van der Waals surface area contributed by atoms with Crippen molar-refractivity contribution in [2.45, 2.75) is 60.0 Å². The Bertz CT molecular complexity index is 1230. The Morgan fingerprint density at radius 1 is 1.17 bits per heavy atom. The number of aromatic nitrogens is 1. The van der Waals surface area contributed by atoms with Crippen LogP contribution in [0.4, 0.5) is 4.39 Å². The van der Waals surface area contributed by atoms with Crippen LogP contribution in [0.3, 0.4) is 0 Å². The van der Waals surface area contributed by atoms with Crippen molar-refractivity contribution in [2.24, 2.45) is 5.41 Å². The fourth-order valence-electron chi connectivity index (χ4n) is 4.32. The summed E-state index contributed by atoms with van der Waals surface area (Å²) in [6.07, 6.45) is 4.51. The minimum atomic E-state index is -0.845. The van der Waals surface area contributed by atoms with E-state index in [2.05, 4.69) is 25.1 Å². The molecule has 1 aliphatic rings. The van der Waals surface area contributed by atoms with E-state index in [4.69, 9.17) is 19.1 Å². The lowest BCUT2D eigenvalue weighted by Gasteiger charge is -2.23. The van der Waals surface area contributed by atoms with E-state index in [1.165, 1.54) is 13.2 Å². The normalized spacial score (nSPS) is 14.0. The Balaban J connectivity index is 0.00000176. The molecule has 0 unspecified atom stereocenters. The Kier molecular flexibility index (Phi) is 8.91. The predicted molar refractivity (Wildman–Crippen MR) is 138 cm³/mol. The molecule has 0 atom stereocenters. The highest BCUT2D eigenvalue weighted by molar-refractivity contribution is 5.83. The van der Waals surface area contributed by atoms with Crippen molar-refractivity contribution in [3.05, 3.63) is 71.2 Å². The van der Waals surface area contributed by atoms with E-state index in [1.807, 2.05) is 38.1 Å². The van der Waals surface area contributed by atoms with E-state index in [0.717, 1.165) is 29.5 Å². The largest absolute Gasteiger partial charge is 0.497 e. The van der Waals surface area contributed by atoms with Gasteiger partial charge in [0, 0.05) is 12.0 Å². The number of rotatable bonds is 9. The van der Waals surface area contributed by atoms with Gasteiger partial charge in [0.15, 0.2) is 5.76 Å². The molecule has 0 saturated heterocycles. The van der Waals surface area contributed by atoms with Gasteiger partial charge in [-0.2, -0.15) is 0 Å². The Morgan fingerprint density at radius 3 is 2.61 bits per heavy atom. The van der Waals surface area contributed by atoms with Gasteiger partial charge in [0.2, 0.25) is 0 Å². The second kappa shape index (κ2) is 11.9. The maximum Gasteiger partial charge on any atom is 0.303 e. The highest BCUT2D eigenvalue weighted by Crippen LogP contribution is 2.48. The SMILES string of the molecule is CC.COc1ccc(F)c(-c2noc(COc3cccc(CCC(=O)O)c3)c2C2=CCCC2(C)C)c1. The van der Waals surface area contributed by atoms with Gasteiger partial charge < -0.3 is 19.1 Å². The van der Waals surface area contributed by atoms with Crippen molar-refractivity contribution in [1.82, 2.24) is 5.16 Å². The summed E-state index contributed by atoms with van der Waals surface area (Å²) in [7, 11) is 1.53. The number of benzene rings is 2. The quantitative estimate of drug-likeness (QED) is 0.335. The lowest BCUT2D eigenvalue weighted by molar-refractivity contribution is -0.136. The van der Waals surface area contributed by atoms with E-state index >= 15 is 0 Å². The van der Waals surface area contributed by atoms with Gasteiger partial charge in [0.25, 0.3) is 0 Å². The van der Waals surface area contributed by atoms with E-state index in [1.54, 1.807) is 12.1 Å². The molecular weight excluding hydrogens is 461 g/mol. The van der Waals surface area contributed by atoms with Crippen molar-refractivity contribution in [1.29, 1.82) is 0 Å². The maximum atomic E-state index is 14.9. The molecule has 3 aromatic rings. The van der Waals surface area contributed by atoms with Crippen LogP contribution in [0.2, 0.25) is 0 Å². The van der Waals surface area contributed by atoms with Crippen LogP contribution in [0.5, 0.6) is 11.5 Å². The maximum absolute atomic E-state index is 14.9. The third-order valence-corrected chi connectivity index (χ3v) is 6.20. The molecule has 192 valence electrons. The molecule has 6 nitrogen and oxygen atoms in total. The molecular formula is C29H34FNO5. The van der Waals surface area contributed by atoms with Crippen molar-refractivity contribution < 1.29 is 28.3 Å². The van der Waals surface area contributed by atoms with Gasteiger partial charge >= 0.3 is 5.97 Å². The standard InChI is InChI=1S/C27H28FNO5.C2H6/c1-27(2)13-5-8-21(27)25-23(16-33-19-7-4-6-17(14-19)9-12-24(30)31)34-29-26(25)20-15-18(32-3)10-11-22(20)28;1-2/h4,6-8,10-11,14-15H,5,9,12-13,16H2,1-3H3,(H,30,31);1-2H3. The Morgan fingerprint density at radius 2 is 1.94 bits per heavy atom. The Labute approximate surface area is 211 Å². The second-order valence-electron chi connectivity index (χ2n) is 9.05. The number of nitrogens with zero attached hydrogens (tertiary/aromatic N) is 1. The number of halogens is 1. The molecule has 1 aliphatic carbocycles. The molecule has 1 aromatic heterocycles. The average Bonchev–Trinajstić information content (AvgIpc) is 3.44. The third-order valence-electron chi connectivity index (χ3n) is 6.20. The van der Waals surface area contributed by atoms with Crippen LogP contribution in [0, 0.1) is 11.2 Å². The molecule has 36 heavy (non-hydrogen) atoms. The van der Waals surface area contributed by atoms with Crippen molar-refractivity contribution in [3.8, 4) is 22.8 Å². The van der Waals surface area contributed by atoms with Gasteiger partial charge in [-0.3, -0.25) is 4.79 Å². The first-order valence-corrected chi connectivity index (χ1v) is 12.3. The summed E-state index contributed by atoms with van der Waals surface area (Å²) < 4.78 is 31.9. The zero-order valence-electron chi connectivity index (χ0n) is 21.6. The molecule has 2 aromatic carbocycles. The van der Waals surface area contributed by atoms with E-state index in [9.17, 15) is 9.18 Å². The number of aryl methyl sites for hydroxylation is 1. The number of hydrogen-bond acceptors (Lipinski definition) is 5. The molecule has 0 fully saturated rings. The highest BCUT2D eigenvalue weighted by atomic mass is 19.1. The van der Waals surface area contributed by atoms with Crippen molar-refractivity contribution >= 4 is 11.5 Å². The van der Waals surface area contributed by atoms with Crippen LogP contribution >= 0.6 is 0 Å². The van der Waals surface area contributed by atoms with E-state index in [0.29, 0.717) is 34.9 Å². The summed E-state index contributed by atoms with van der Waals surface area (Å²) >= 11 is 0. The molecule has 4 rings (SSSR count). The van der Waals surface area contributed by atoms with Crippen LogP contribution in [-0.4, -0.2) is 23.3 Å². The molecule has 0 spiro atoms. The summed E-state index contributed by atoms with van der Waals surface area (Å²) in [4.78, 5) is 10.9. The smallest absolute Gasteiger partial charge is 0.303 e. The number of ether oxygens (including phenoxy) is 2. The Hall–Kier alpha value is -3.61.